The predicted molar refractivity (Wildman–Crippen MR) is 55.3 cm³/mol. The molecule has 0 aromatic heterocycles. The second-order valence-corrected chi connectivity index (χ2v) is 5.49. The predicted octanol–water partition coefficient (Wildman–Crippen LogP) is 2.74. The Kier molecular flexibility index (Phi) is 3.03. The van der Waals surface area contributed by atoms with E-state index >= 15 is 0 Å². The van der Waals surface area contributed by atoms with Gasteiger partial charge in [0.25, 0.3) is 0 Å². The summed E-state index contributed by atoms with van der Waals surface area (Å²) in [5, 5.41) is 0. The Morgan fingerprint density at radius 2 is 1.85 bits per heavy atom. The van der Waals surface area contributed by atoms with E-state index < -0.39 is 0 Å². The SMILES string of the molecule is CC(C)C1(C)CCNOC(C)(C)C1. The minimum Gasteiger partial charge on any atom is -0.296 e. The van der Waals surface area contributed by atoms with Crippen molar-refractivity contribution in [2.75, 3.05) is 6.54 Å². The Morgan fingerprint density at radius 1 is 1.23 bits per heavy atom. The van der Waals surface area contributed by atoms with Crippen molar-refractivity contribution in [3.05, 3.63) is 0 Å². The van der Waals surface area contributed by atoms with Crippen molar-refractivity contribution < 1.29 is 4.84 Å². The molecule has 2 nitrogen and oxygen atoms in total. The van der Waals surface area contributed by atoms with Crippen molar-refractivity contribution >= 4 is 0 Å². The van der Waals surface area contributed by atoms with E-state index in [-0.39, 0.29) is 5.60 Å². The van der Waals surface area contributed by atoms with Gasteiger partial charge in [0, 0.05) is 6.54 Å². The third kappa shape index (κ3) is 2.68. The molecule has 1 unspecified atom stereocenters. The molecule has 0 aromatic rings. The molecule has 1 saturated heterocycles. The third-order valence-electron chi connectivity index (χ3n) is 3.37. The van der Waals surface area contributed by atoms with Crippen molar-refractivity contribution in [1.29, 1.82) is 0 Å². The van der Waals surface area contributed by atoms with Crippen LogP contribution in [0.1, 0.15) is 47.5 Å². The fourth-order valence-electron chi connectivity index (χ4n) is 2.17. The molecule has 0 aliphatic carbocycles. The molecule has 1 aliphatic heterocycles. The molecule has 0 saturated carbocycles. The third-order valence-corrected chi connectivity index (χ3v) is 3.37. The van der Waals surface area contributed by atoms with Gasteiger partial charge in [-0.25, -0.2) is 5.48 Å². The number of hydroxylamine groups is 1. The monoisotopic (exact) mass is 185 g/mol. The molecule has 0 bridgehead atoms. The number of nitrogens with one attached hydrogen (secondary N) is 1. The van der Waals surface area contributed by atoms with E-state index in [9.17, 15) is 0 Å². The molecular formula is C11H23NO. The summed E-state index contributed by atoms with van der Waals surface area (Å²) in [6, 6.07) is 0. The van der Waals surface area contributed by atoms with Crippen LogP contribution in [0.4, 0.5) is 0 Å². The average Bonchev–Trinajstić information content (AvgIpc) is 2.09. The van der Waals surface area contributed by atoms with E-state index in [1.165, 1.54) is 6.42 Å². The molecule has 0 radical (unpaired) electrons. The maximum atomic E-state index is 5.59. The number of hydrogen-bond acceptors (Lipinski definition) is 2. The van der Waals surface area contributed by atoms with Gasteiger partial charge in [-0.05, 0) is 38.0 Å². The molecule has 1 rings (SSSR count). The van der Waals surface area contributed by atoms with Crippen molar-refractivity contribution in [2.45, 2.75) is 53.1 Å². The van der Waals surface area contributed by atoms with E-state index in [0.29, 0.717) is 5.41 Å². The Balaban J connectivity index is 2.75. The molecule has 0 amide bonds. The zero-order valence-electron chi connectivity index (χ0n) is 9.61. The molecule has 1 atom stereocenters. The lowest BCUT2D eigenvalue weighted by molar-refractivity contribution is -0.0883. The van der Waals surface area contributed by atoms with Crippen molar-refractivity contribution in [3.8, 4) is 0 Å². The lowest BCUT2D eigenvalue weighted by Gasteiger charge is -2.36. The first-order chi connectivity index (χ1) is 5.86. The van der Waals surface area contributed by atoms with Crippen LogP contribution < -0.4 is 5.48 Å². The molecule has 2 heteroatoms. The second-order valence-electron chi connectivity index (χ2n) is 5.49. The summed E-state index contributed by atoms with van der Waals surface area (Å²) < 4.78 is 0. The lowest BCUT2D eigenvalue weighted by atomic mass is 9.70. The van der Waals surface area contributed by atoms with Gasteiger partial charge in [0.05, 0.1) is 5.60 Å². The van der Waals surface area contributed by atoms with Gasteiger partial charge in [0.2, 0.25) is 0 Å². The van der Waals surface area contributed by atoms with Gasteiger partial charge >= 0.3 is 0 Å². The summed E-state index contributed by atoms with van der Waals surface area (Å²) in [6.45, 7) is 12.3. The van der Waals surface area contributed by atoms with Crippen LogP contribution in [0.5, 0.6) is 0 Å². The van der Waals surface area contributed by atoms with E-state index in [2.05, 4.69) is 40.1 Å². The van der Waals surface area contributed by atoms with Crippen LogP contribution in [-0.2, 0) is 4.84 Å². The Bertz CT molecular complexity index is 177. The summed E-state index contributed by atoms with van der Waals surface area (Å²) in [5.74, 6) is 0.718. The van der Waals surface area contributed by atoms with Crippen molar-refractivity contribution in [3.63, 3.8) is 0 Å². The van der Waals surface area contributed by atoms with Crippen LogP contribution >= 0.6 is 0 Å². The first-order valence-electron chi connectivity index (χ1n) is 5.27. The fourth-order valence-corrected chi connectivity index (χ4v) is 2.17. The average molecular weight is 185 g/mol. The molecule has 1 N–H and O–H groups in total. The van der Waals surface area contributed by atoms with E-state index in [0.717, 1.165) is 18.9 Å². The van der Waals surface area contributed by atoms with Gasteiger partial charge in [-0.15, -0.1) is 0 Å². The van der Waals surface area contributed by atoms with Gasteiger partial charge in [0.1, 0.15) is 0 Å². The summed E-state index contributed by atoms with van der Waals surface area (Å²) in [6.07, 6.45) is 2.33. The molecule has 13 heavy (non-hydrogen) atoms. The number of rotatable bonds is 1. The number of hydrogen-bond donors (Lipinski definition) is 1. The molecule has 1 heterocycles. The maximum absolute atomic E-state index is 5.59. The Hall–Kier alpha value is -0.0800. The van der Waals surface area contributed by atoms with Gasteiger partial charge < -0.3 is 0 Å². The van der Waals surface area contributed by atoms with Crippen LogP contribution in [0.2, 0.25) is 0 Å². The molecule has 78 valence electrons. The summed E-state index contributed by atoms with van der Waals surface area (Å²) in [4.78, 5) is 5.59. The van der Waals surface area contributed by atoms with Crippen LogP contribution in [0.15, 0.2) is 0 Å². The minimum absolute atomic E-state index is 0.0322. The largest absolute Gasteiger partial charge is 0.296 e. The second kappa shape index (κ2) is 3.58. The van der Waals surface area contributed by atoms with Gasteiger partial charge in [-0.2, -0.15) is 0 Å². The smallest absolute Gasteiger partial charge is 0.0846 e. The van der Waals surface area contributed by atoms with Gasteiger partial charge in [0.15, 0.2) is 0 Å². The van der Waals surface area contributed by atoms with E-state index in [1.54, 1.807) is 0 Å². The zero-order valence-corrected chi connectivity index (χ0v) is 9.61. The van der Waals surface area contributed by atoms with Crippen LogP contribution in [-0.4, -0.2) is 12.1 Å². The summed E-state index contributed by atoms with van der Waals surface area (Å²) in [7, 11) is 0. The molecule has 1 fully saturated rings. The van der Waals surface area contributed by atoms with Gasteiger partial charge in [-0.3, -0.25) is 4.84 Å². The molecule has 0 spiro atoms. The Labute approximate surface area is 82.0 Å². The highest BCUT2D eigenvalue weighted by molar-refractivity contribution is 4.87. The van der Waals surface area contributed by atoms with Crippen LogP contribution in [0.25, 0.3) is 0 Å². The fraction of sp³-hybridized carbons (Fsp3) is 1.00. The first-order valence-corrected chi connectivity index (χ1v) is 5.27. The molecule has 0 aromatic carbocycles. The summed E-state index contributed by atoms with van der Waals surface area (Å²) >= 11 is 0. The van der Waals surface area contributed by atoms with E-state index in [1.807, 2.05) is 0 Å². The zero-order chi connectivity index (χ0) is 10.1. The summed E-state index contributed by atoms with van der Waals surface area (Å²) in [5.41, 5.74) is 3.43. The highest BCUT2D eigenvalue weighted by atomic mass is 16.7. The van der Waals surface area contributed by atoms with Crippen LogP contribution in [0, 0.1) is 11.3 Å². The molecule has 1 aliphatic rings. The van der Waals surface area contributed by atoms with Crippen LogP contribution in [0.3, 0.4) is 0 Å². The first kappa shape index (κ1) is 11.0. The topological polar surface area (TPSA) is 21.3 Å². The maximum Gasteiger partial charge on any atom is 0.0846 e. The highest BCUT2D eigenvalue weighted by Crippen LogP contribution is 2.40. The standard InChI is InChI=1S/C11H23NO/c1-9(2)11(5)6-7-12-13-10(3,4)8-11/h9,12H,6-8H2,1-5H3. The molecular weight excluding hydrogens is 162 g/mol. The van der Waals surface area contributed by atoms with Crippen molar-refractivity contribution in [2.24, 2.45) is 11.3 Å². The Morgan fingerprint density at radius 3 is 2.38 bits per heavy atom. The van der Waals surface area contributed by atoms with E-state index in [4.69, 9.17) is 4.84 Å². The quantitative estimate of drug-likeness (QED) is 0.678. The lowest BCUT2D eigenvalue weighted by Crippen LogP contribution is -2.34. The normalized spacial score (nSPS) is 34.6. The van der Waals surface area contributed by atoms with Crippen molar-refractivity contribution in [1.82, 2.24) is 5.48 Å². The highest BCUT2D eigenvalue weighted by Gasteiger charge is 2.37. The van der Waals surface area contributed by atoms with Gasteiger partial charge in [-0.1, -0.05) is 20.8 Å². The minimum atomic E-state index is -0.0322.